The van der Waals surface area contributed by atoms with Gasteiger partial charge in [-0.15, -0.1) is 0 Å². The van der Waals surface area contributed by atoms with Gasteiger partial charge >= 0.3 is 0 Å². The Morgan fingerprint density at radius 2 is 1.77 bits per heavy atom. The molecule has 132 valence electrons. The highest BCUT2D eigenvalue weighted by Crippen LogP contribution is 2.20. The highest BCUT2D eigenvalue weighted by Gasteiger charge is 2.08. The Balaban J connectivity index is 1.54. The molecule has 2 N–H and O–H groups in total. The molecule has 1 amide bonds. The van der Waals surface area contributed by atoms with Gasteiger partial charge in [0.15, 0.2) is 11.7 Å². The lowest BCUT2D eigenvalue weighted by Crippen LogP contribution is -2.37. The summed E-state index contributed by atoms with van der Waals surface area (Å²) in [5.74, 6) is 0.341. The summed E-state index contributed by atoms with van der Waals surface area (Å²) in [7, 11) is 0. The number of fused-ring (bicyclic) bond motifs is 1. The molecule has 0 aliphatic heterocycles. The second-order valence-corrected chi connectivity index (χ2v) is 6.53. The van der Waals surface area contributed by atoms with E-state index in [9.17, 15) is 4.79 Å². The number of aryl methyl sites for hydroxylation is 2. The van der Waals surface area contributed by atoms with Crippen molar-refractivity contribution in [2.45, 2.75) is 13.8 Å². The van der Waals surface area contributed by atoms with Crippen LogP contribution in [-0.4, -0.2) is 17.6 Å². The van der Waals surface area contributed by atoms with Crippen LogP contribution in [-0.2, 0) is 4.79 Å². The van der Waals surface area contributed by atoms with Crippen molar-refractivity contribution in [2.75, 3.05) is 11.9 Å². The molecule has 0 radical (unpaired) electrons. The molecule has 0 aliphatic rings. The summed E-state index contributed by atoms with van der Waals surface area (Å²) in [6.07, 6.45) is 0. The van der Waals surface area contributed by atoms with Crippen molar-refractivity contribution in [3.05, 3.63) is 71.8 Å². The number of hydrogen-bond acceptors (Lipinski definition) is 3. The lowest BCUT2D eigenvalue weighted by Gasteiger charge is -2.13. The molecule has 4 nitrogen and oxygen atoms in total. The molecule has 3 aromatic rings. The summed E-state index contributed by atoms with van der Waals surface area (Å²) in [5.41, 5.74) is 3.05. The van der Waals surface area contributed by atoms with E-state index in [0.717, 1.165) is 27.6 Å². The third-order valence-corrected chi connectivity index (χ3v) is 4.19. The van der Waals surface area contributed by atoms with Gasteiger partial charge < -0.3 is 10.1 Å². The van der Waals surface area contributed by atoms with Crippen LogP contribution in [0.3, 0.4) is 0 Å². The van der Waals surface area contributed by atoms with Crippen LogP contribution < -0.4 is 15.4 Å². The van der Waals surface area contributed by atoms with Crippen LogP contribution in [0.25, 0.3) is 10.8 Å². The second kappa shape index (κ2) is 7.97. The Morgan fingerprint density at radius 3 is 2.58 bits per heavy atom. The lowest BCUT2D eigenvalue weighted by molar-refractivity contribution is -0.121. The minimum atomic E-state index is -0.305. The number of rotatable bonds is 4. The Labute approximate surface area is 158 Å². The minimum absolute atomic E-state index is 0.104. The molecular formula is C21H20N2O2S. The molecule has 0 atom stereocenters. The molecule has 0 spiro atoms. The van der Waals surface area contributed by atoms with Crippen molar-refractivity contribution < 1.29 is 9.53 Å². The fraction of sp³-hybridized carbons (Fsp3) is 0.143. The molecule has 0 aromatic heterocycles. The van der Waals surface area contributed by atoms with E-state index in [0.29, 0.717) is 5.75 Å². The molecule has 3 aromatic carbocycles. The molecule has 0 heterocycles. The molecule has 0 aliphatic carbocycles. The van der Waals surface area contributed by atoms with Crippen LogP contribution in [0.2, 0.25) is 0 Å². The quantitative estimate of drug-likeness (QED) is 0.676. The van der Waals surface area contributed by atoms with Crippen molar-refractivity contribution in [1.29, 1.82) is 0 Å². The van der Waals surface area contributed by atoms with Crippen molar-refractivity contribution >= 4 is 39.7 Å². The summed E-state index contributed by atoms with van der Waals surface area (Å²) in [6.45, 7) is 3.88. The number of carbonyl (C=O) groups excluding carboxylic acids is 1. The van der Waals surface area contributed by atoms with Gasteiger partial charge in [0.1, 0.15) is 5.75 Å². The zero-order chi connectivity index (χ0) is 18.5. The first-order valence-electron chi connectivity index (χ1n) is 8.31. The highest BCUT2D eigenvalue weighted by atomic mass is 32.1. The van der Waals surface area contributed by atoms with Crippen LogP contribution in [0.15, 0.2) is 60.7 Å². The minimum Gasteiger partial charge on any atom is -0.484 e. The zero-order valence-corrected chi connectivity index (χ0v) is 15.5. The van der Waals surface area contributed by atoms with Gasteiger partial charge in [-0.3, -0.25) is 10.1 Å². The summed E-state index contributed by atoms with van der Waals surface area (Å²) in [6, 6.07) is 19.7. The van der Waals surface area contributed by atoms with E-state index in [1.807, 2.05) is 74.5 Å². The smallest absolute Gasteiger partial charge is 0.264 e. The summed E-state index contributed by atoms with van der Waals surface area (Å²) in [4.78, 5) is 12.1. The molecule has 0 bridgehead atoms. The summed E-state index contributed by atoms with van der Waals surface area (Å²) >= 11 is 5.21. The average molecular weight is 364 g/mol. The largest absolute Gasteiger partial charge is 0.484 e. The predicted molar refractivity (Wildman–Crippen MR) is 110 cm³/mol. The van der Waals surface area contributed by atoms with Gasteiger partial charge in [-0.1, -0.05) is 42.5 Å². The van der Waals surface area contributed by atoms with Crippen LogP contribution >= 0.6 is 12.2 Å². The van der Waals surface area contributed by atoms with Crippen LogP contribution in [0.4, 0.5) is 5.69 Å². The second-order valence-electron chi connectivity index (χ2n) is 6.12. The molecule has 0 saturated carbocycles. The van der Waals surface area contributed by atoms with Gasteiger partial charge in [0, 0.05) is 5.69 Å². The maximum absolute atomic E-state index is 12.1. The van der Waals surface area contributed by atoms with Crippen LogP contribution in [0.1, 0.15) is 11.1 Å². The van der Waals surface area contributed by atoms with Gasteiger partial charge in [-0.2, -0.15) is 0 Å². The fourth-order valence-corrected chi connectivity index (χ4v) is 2.82. The van der Waals surface area contributed by atoms with Crippen molar-refractivity contribution in [3.63, 3.8) is 0 Å². The van der Waals surface area contributed by atoms with E-state index in [4.69, 9.17) is 17.0 Å². The number of hydrogen-bond donors (Lipinski definition) is 2. The number of benzene rings is 3. The van der Waals surface area contributed by atoms with Gasteiger partial charge in [-0.25, -0.2) is 0 Å². The van der Waals surface area contributed by atoms with E-state index < -0.39 is 0 Å². The standard InChI is InChI=1S/C21H20N2O2S/c1-14-7-8-15(2)19(11-14)22-21(26)23-20(24)13-25-18-10-9-16-5-3-4-6-17(16)12-18/h3-12H,13H2,1-2H3,(H2,22,23,24,26). The SMILES string of the molecule is Cc1ccc(C)c(NC(=S)NC(=O)COc2ccc3ccccc3c2)c1. The van der Waals surface area contributed by atoms with Gasteiger partial charge in [-0.05, 0) is 66.2 Å². The number of ether oxygens (including phenoxy) is 1. The van der Waals surface area contributed by atoms with Crippen molar-refractivity contribution in [1.82, 2.24) is 5.32 Å². The van der Waals surface area contributed by atoms with Crippen LogP contribution in [0, 0.1) is 13.8 Å². The average Bonchev–Trinajstić information content (AvgIpc) is 2.63. The normalized spacial score (nSPS) is 10.4. The number of thiocarbonyl (C=S) groups is 1. The number of carbonyl (C=O) groups is 1. The van der Waals surface area contributed by atoms with Crippen molar-refractivity contribution in [2.24, 2.45) is 0 Å². The zero-order valence-electron chi connectivity index (χ0n) is 14.7. The van der Waals surface area contributed by atoms with Gasteiger partial charge in [0.25, 0.3) is 5.91 Å². The van der Waals surface area contributed by atoms with Gasteiger partial charge in [0.2, 0.25) is 0 Å². The van der Waals surface area contributed by atoms with E-state index >= 15 is 0 Å². The number of anilines is 1. The lowest BCUT2D eigenvalue weighted by atomic mass is 10.1. The maximum atomic E-state index is 12.1. The first kappa shape index (κ1) is 17.9. The Hall–Kier alpha value is -2.92. The third-order valence-electron chi connectivity index (χ3n) is 3.99. The summed E-state index contributed by atoms with van der Waals surface area (Å²) in [5, 5.41) is 8.14. The molecule has 0 saturated heterocycles. The van der Waals surface area contributed by atoms with Crippen molar-refractivity contribution in [3.8, 4) is 5.75 Å². The molecule has 3 rings (SSSR count). The first-order valence-corrected chi connectivity index (χ1v) is 8.72. The Kier molecular flexibility index (Phi) is 5.49. The first-order chi connectivity index (χ1) is 12.5. The number of amides is 1. The van der Waals surface area contributed by atoms with E-state index in [-0.39, 0.29) is 17.6 Å². The molecule has 0 fully saturated rings. The Morgan fingerprint density at radius 1 is 1.00 bits per heavy atom. The predicted octanol–water partition coefficient (Wildman–Crippen LogP) is 4.35. The maximum Gasteiger partial charge on any atom is 0.264 e. The fourth-order valence-electron chi connectivity index (χ4n) is 2.59. The van der Waals surface area contributed by atoms with E-state index in [2.05, 4.69) is 10.6 Å². The molecule has 26 heavy (non-hydrogen) atoms. The van der Waals surface area contributed by atoms with E-state index in [1.165, 1.54) is 0 Å². The monoisotopic (exact) mass is 364 g/mol. The molecule has 0 unspecified atom stereocenters. The molecule has 5 heteroatoms. The highest BCUT2D eigenvalue weighted by molar-refractivity contribution is 7.80. The van der Waals surface area contributed by atoms with Gasteiger partial charge in [0.05, 0.1) is 0 Å². The topological polar surface area (TPSA) is 50.4 Å². The third kappa shape index (κ3) is 4.58. The van der Waals surface area contributed by atoms with Crippen LogP contribution in [0.5, 0.6) is 5.75 Å². The Bertz CT molecular complexity index is 969. The molecular weight excluding hydrogens is 344 g/mol. The number of nitrogens with one attached hydrogen (secondary N) is 2. The van der Waals surface area contributed by atoms with E-state index in [1.54, 1.807) is 0 Å². The summed E-state index contributed by atoms with van der Waals surface area (Å²) < 4.78 is 5.57.